The lowest BCUT2D eigenvalue weighted by atomic mass is 9.88. The van der Waals surface area contributed by atoms with Crippen LogP contribution in [0, 0.1) is 0 Å². The van der Waals surface area contributed by atoms with Gasteiger partial charge in [-0.25, -0.2) is 0 Å². The Kier molecular flexibility index (Phi) is 5.66. The van der Waals surface area contributed by atoms with Gasteiger partial charge in [-0.15, -0.1) is 0 Å². The Morgan fingerprint density at radius 1 is 1.38 bits per heavy atom. The number of halogens is 1. The first-order valence-electron chi connectivity index (χ1n) is 7.19. The van der Waals surface area contributed by atoms with Gasteiger partial charge in [0.15, 0.2) is 0 Å². The van der Waals surface area contributed by atoms with Crippen molar-refractivity contribution in [2.45, 2.75) is 37.9 Å². The summed E-state index contributed by atoms with van der Waals surface area (Å²) in [6.07, 6.45) is 0.329. The van der Waals surface area contributed by atoms with Gasteiger partial charge >= 0.3 is 0 Å². The van der Waals surface area contributed by atoms with Crippen molar-refractivity contribution < 1.29 is 19.3 Å². The summed E-state index contributed by atoms with van der Waals surface area (Å²) in [5.41, 5.74) is 0.537. The predicted octanol–water partition coefficient (Wildman–Crippen LogP) is 3.12. The molecule has 0 amide bonds. The fourth-order valence-electron chi connectivity index (χ4n) is 2.49. The number of benzene rings is 1. The van der Waals surface area contributed by atoms with E-state index in [4.69, 9.17) is 14.2 Å². The molecule has 2 unspecified atom stereocenters. The van der Waals surface area contributed by atoms with Crippen LogP contribution in [-0.2, 0) is 9.47 Å². The average Bonchev–Trinajstić information content (AvgIpc) is 2.72. The van der Waals surface area contributed by atoms with Crippen LogP contribution in [0.5, 0.6) is 5.75 Å². The van der Waals surface area contributed by atoms with Gasteiger partial charge in [-0.1, -0.05) is 6.07 Å². The number of aliphatic hydroxyl groups excluding tert-OH is 1. The molecule has 5 heteroatoms. The average molecular weight is 359 g/mol. The van der Waals surface area contributed by atoms with Gasteiger partial charge in [0.25, 0.3) is 0 Å². The van der Waals surface area contributed by atoms with E-state index in [-0.39, 0.29) is 5.92 Å². The number of ether oxygens (including phenoxy) is 3. The van der Waals surface area contributed by atoms with Crippen LogP contribution in [0.4, 0.5) is 0 Å². The molecule has 0 aromatic heterocycles. The number of aliphatic hydroxyl groups is 1. The highest BCUT2D eigenvalue weighted by atomic mass is 79.9. The molecule has 1 heterocycles. The summed E-state index contributed by atoms with van der Waals surface area (Å²) in [6.45, 7) is 5.64. The first kappa shape index (κ1) is 16.7. The molecule has 1 aromatic carbocycles. The Morgan fingerprint density at radius 2 is 2.14 bits per heavy atom. The van der Waals surface area contributed by atoms with Crippen molar-refractivity contribution in [1.82, 2.24) is 0 Å². The largest absolute Gasteiger partial charge is 0.492 e. The molecule has 1 saturated heterocycles. The van der Waals surface area contributed by atoms with Gasteiger partial charge in [0.1, 0.15) is 5.75 Å². The lowest BCUT2D eigenvalue weighted by molar-refractivity contribution is -0.0295. The zero-order chi connectivity index (χ0) is 15.5. The zero-order valence-corrected chi connectivity index (χ0v) is 14.4. The highest BCUT2D eigenvalue weighted by Gasteiger charge is 2.42. The molecule has 1 aliphatic heterocycles. The van der Waals surface area contributed by atoms with Gasteiger partial charge < -0.3 is 19.3 Å². The predicted molar refractivity (Wildman–Crippen MR) is 84.9 cm³/mol. The molecule has 1 aliphatic rings. The molecule has 118 valence electrons. The summed E-state index contributed by atoms with van der Waals surface area (Å²) >= 11 is 3.50. The lowest BCUT2D eigenvalue weighted by Crippen LogP contribution is -2.34. The summed E-state index contributed by atoms with van der Waals surface area (Å²) in [6, 6.07) is 5.94. The van der Waals surface area contributed by atoms with Crippen LogP contribution in [-0.4, -0.2) is 43.7 Å². The lowest BCUT2D eigenvalue weighted by Gasteiger charge is -2.24. The third kappa shape index (κ3) is 3.97. The minimum Gasteiger partial charge on any atom is -0.492 e. The SMILES string of the molecule is COCCCOc1cc(C2COC(C)(C)C2O)ccc1Br. The van der Waals surface area contributed by atoms with Crippen LogP contribution in [0.2, 0.25) is 0 Å². The molecule has 0 radical (unpaired) electrons. The van der Waals surface area contributed by atoms with Gasteiger partial charge in [0, 0.05) is 26.1 Å². The van der Waals surface area contributed by atoms with E-state index in [0.29, 0.717) is 19.8 Å². The Bertz CT molecular complexity index is 475. The summed E-state index contributed by atoms with van der Waals surface area (Å²) in [7, 11) is 1.68. The number of hydrogen-bond acceptors (Lipinski definition) is 4. The Morgan fingerprint density at radius 3 is 2.76 bits per heavy atom. The van der Waals surface area contributed by atoms with Crippen molar-refractivity contribution in [2.75, 3.05) is 26.9 Å². The molecule has 0 aliphatic carbocycles. The first-order chi connectivity index (χ1) is 9.95. The summed E-state index contributed by atoms with van der Waals surface area (Å²) < 4.78 is 17.4. The molecular formula is C16H23BrO4. The van der Waals surface area contributed by atoms with E-state index in [0.717, 1.165) is 22.2 Å². The van der Waals surface area contributed by atoms with Crippen LogP contribution in [0.3, 0.4) is 0 Å². The highest BCUT2D eigenvalue weighted by Crippen LogP contribution is 2.38. The van der Waals surface area contributed by atoms with E-state index >= 15 is 0 Å². The van der Waals surface area contributed by atoms with E-state index in [9.17, 15) is 5.11 Å². The molecule has 2 atom stereocenters. The fourth-order valence-corrected chi connectivity index (χ4v) is 2.85. The molecule has 1 aromatic rings. The smallest absolute Gasteiger partial charge is 0.133 e. The highest BCUT2D eigenvalue weighted by molar-refractivity contribution is 9.10. The van der Waals surface area contributed by atoms with Gasteiger partial charge in [0.05, 0.1) is 29.4 Å². The summed E-state index contributed by atoms with van der Waals surface area (Å²) in [5, 5.41) is 10.4. The van der Waals surface area contributed by atoms with Crippen LogP contribution in [0.15, 0.2) is 22.7 Å². The normalized spacial score (nSPS) is 24.2. The standard InChI is InChI=1S/C16H23BrO4/c1-16(2)15(18)12(10-21-16)11-5-6-13(17)14(9-11)20-8-4-7-19-3/h5-6,9,12,15,18H,4,7-8,10H2,1-3H3. The molecule has 4 nitrogen and oxygen atoms in total. The van der Waals surface area contributed by atoms with Crippen LogP contribution in [0.25, 0.3) is 0 Å². The second kappa shape index (κ2) is 7.09. The quantitative estimate of drug-likeness (QED) is 0.793. The molecule has 0 spiro atoms. The van der Waals surface area contributed by atoms with Crippen molar-refractivity contribution in [2.24, 2.45) is 0 Å². The van der Waals surface area contributed by atoms with Crippen molar-refractivity contribution in [3.8, 4) is 5.75 Å². The third-order valence-corrected chi connectivity index (χ3v) is 4.52. The van der Waals surface area contributed by atoms with E-state index in [1.165, 1.54) is 0 Å². The van der Waals surface area contributed by atoms with Crippen LogP contribution < -0.4 is 4.74 Å². The molecule has 1 N–H and O–H groups in total. The first-order valence-corrected chi connectivity index (χ1v) is 7.98. The number of methoxy groups -OCH3 is 1. The molecule has 0 saturated carbocycles. The van der Waals surface area contributed by atoms with Gasteiger partial charge in [-0.2, -0.15) is 0 Å². The van der Waals surface area contributed by atoms with Crippen molar-refractivity contribution >= 4 is 15.9 Å². The van der Waals surface area contributed by atoms with E-state index < -0.39 is 11.7 Å². The van der Waals surface area contributed by atoms with Gasteiger partial charge in [-0.3, -0.25) is 0 Å². The Hall–Kier alpha value is -0.620. The van der Waals surface area contributed by atoms with E-state index in [1.54, 1.807) is 7.11 Å². The number of hydrogen-bond donors (Lipinski definition) is 1. The fraction of sp³-hybridized carbons (Fsp3) is 0.625. The maximum atomic E-state index is 10.4. The second-order valence-electron chi connectivity index (χ2n) is 5.85. The van der Waals surface area contributed by atoms with E-state index in [2.05, 4.69) is 15.9 Å². The molecular weight excluding hydrogens is 336 g/mol. The van der Waals surface area contributed by atoms with Crippen molar-refractivity contribution in [3.05, 3.63) is 28.2 Å². The summed E-state index contributed by atoms with van der Waals surface area (Å²) in [4.78, 5) is 0. The Labute approximate surface area is 134 Å². The van der Waals surface area contributed by atoms with Crippen molar-refractivity contribution in [3.63, 3.8) is 0 Å². The summed E-state index contributed by atoms with van der Waals surface area (Å²) in [5.74, 6) is 0.773. The van der Waals surface area contributed by atoms with Gasteiger partial charge in [0.2, 0.25) is 0 Å². The number of rotatable bonds is 6. The van der Waals surface area contributed by atoms with E-state index in [1.807, 2.05) is 32.0 Å². The Balaban J connectivity index is 2.08. The molecule has 21 heavy (non-hydrogen) atoms. The topological polar surface area (TPSA) is 47.9 Å². The van der Waals surface area contributed by atoms with Crippen LogP contribution >= 0.6 is 15.9 Å². The molecule has 1 fully saturated rings. The van der Waals surface area contributed by atoms with Gasteiger partial charge in [-0.05, 0) is 47.5 Å². The van der Waals surface area contributed by atoms with Crippen LogP contribution in [0.1, 0.15) is 31.7 Å². The second-order valence-corrected chi connectivity index (χ2v) is 6.70. The molecule has 2 rings (SSSR count). The third-order valence-electron chi connectivity index (χ3n) is 3.86. The maximum absolute atomic E-state index is 10.4. The van der Waals surface area contributed by atoms with Crippen molar-refractivity contribution in [1.29, 1.82) is 0 Å². The monoisotopic (exact) mass is 358 g/mol. The minimum absolute atomic E-state index is 0.0191. The maximum Gasteiger partial charge on any atom is 0.133 e. The minimum atomic E-state index is -0.514. The molecule has 0 bridgehead atoms. The zero-order valence-electron chi connectivity index (χ0n) is 12.8.